The number of rotatable bonds is 3. The highest BCUT2D eigenvalue weighted by Crippen LogP contribution is 2.30. The smallest absolute Gasteiger partial charge is 0.138 e. The Labute approximate surface area is 95.8 Å². The molecule has 0 aliphatic heterocycles. The standard InChI is InChI=1S/C12H17ClO2/c1-8(2)15-11-6-5-9(7-10(11)13)12(3,4)14/h5-8,14H,1-4H3. The van der Waals surface area contributed by atoms with Crippen LogP contribution in [0.1, 0.15) is 33.3 Å². The van der Waals surface area contributed by atoms with Gasteiger partial charge in [-0.3, -0.25) is 0 Å². The van der Waals surface area contributed by atoms with Crippen molar-refractivity contribution in [2.75, 3.05) is 0 Å². The molecule has 0 aromatic heterocycles. The van der Waals surface area contributed by atoms with Crippen molar-refractivity contribution in [2.24, 2.45) is 0 Å². The molecule has 0 radical (unpaired) electrons. The Balaban J connectivity index is 2.98. The lowest BCUT2D eigenvalue weighted by molar-refractivity contribution is 0.0785. The van der Waals surface area contributed by atoms with E-state index >= 15 is 0 Å². The molecular formula is C12H17ClO2. The van der Waals surface area contributed by atoms with Crippen LogP contribution in [0.3, 0.4) is 0 Å². The maximum atomic E-state index is 9.79. The molecule has 1 aromatic carbocycles. The Kier molecular flexibility index (Phi) is 3.63. The van der Waals surface area contributed by atoms with Gasteiger partial charge >= 0.3 is 0 Å². The van der Waals surface area contributed by atoms with Gasteiger partial charge in [0.25, 0.3) is 0 Å². The summed E-state index contributed by atoms with van der Waals surface area (Å²) in [5.41, 5.74) is -0.0939. The van der Waals surface area contributed by atoms with Gasteiger partial charge in [0.05, 0.1) is 16.7 Å². The fourth-order valence-electron chi connectivity index (χ4n) is 1.23. The van der Waals surface area contributed by atoms with Crippen molar-refractivity contribution in [3.63, 3.8) is 0 Å². The molecule has 0 heterocycles. The minimum absolute atomic E-state index is 0.0930. The van der Waals surface area contributed by atoms with E-state index in [0.717, 1.165) is 5.56 Å². The molecule has 0 saturated carbocycles. The molecule has 2 nitrogen and oxygen atoms in total. The van der Waals surface area contributed by atoms with Gasteiger partial charge in [0.1, 0.15) is 5.75 Å². The minimum Gasteiger partial charge on any atom is -0.489 e. The summed E-state index contributed by atoms with van der Waals surface area (Å²) in [4.78, 5) is 0. The zero-order chi connectivity index (χ0) is 11.6. The topological polar surface area (TPSA) is 29.5 Å². The summed E-state index contributed by atoms with van der Waals surface area (Å²) in [5, 5.41) is 10.3. The first kappa shape index (κ1) is 12.3. The Bertz CT molecular complexity index is 340. The molecule has 0 aliphatic rings. The Hall–Kier alpha value is -0.730. The van der Waals surface area contributed by atoms with Crippen LogP contribution < -0.4 is 4.74 Å². The first-order chi connectivity index (χ1) is 6.80. The highest BCUT2D eigenvalue weighted by atomic mass is 35.5. The van der Waals surface area contributed by atoms with E-state index in [0.29, 0.717) is 10.8 Å². The van der Waals surface area contributed by atoms with E-state index < -0.39 is 5.60 Å². The van der Waals surface area contributed by atoms with E-state index in [1.54, 1.807) is 26.0 Å². The summed E-state index contributed by atoms with van der Waals surface area (Å²) >= 11 is 6.04. The second-order valence-electron chi connectivity index (χ2n) is 4.37. The fourth-order valence-corrected chi connectivity index (χ4v) is 1.46. The van der Waals surface area contributed by atoms with Gasteiger partial charge in [-0.15, -0.1) is 0 Å². The molecule has 0 saturated heterocycles. The summed E-state index contributed by atoms with van der Waals surface area (Å²) < 4.78 is 5.50. The van der Waals surface area contributed by atoms with Crippen LogP contribution in [0.2, 0.25) is 5.02 Å². The summed E-state index contributed by atoms with van der Waals surface area (Å²) in [6.07, 6.45) is 0.0930. The Morgan fingerprint density at radius 1 is 1.33 bits per heavy atom. The normalized spacial score (nSPS) is 11.9. The van der Waals surface area contributed by atoms with Crippen molar-refractivity contribution < 1.29 is 9.84 Å². The maximum Gasteiger partial charge on any atom is 0.138 e. The maximum absolute atomic E-state index is 9.79. The molecule has 0 atom stereocenters. The van der Waals surface area contributed by atoms with Crippen LogP contribution in [-0.4, -0.2) is 11.2 Å². The van der Waals surface area contributed by atoms with Crippen molar-refractivity contribution in [2.45, 2.75) is 39.4 Å². The van der Waals surface area contributed by atoms with Crippen LogP contribution in [0.4, 0.5) is 0 Å². The molecule has 0 unspecified atom stereocenters. The lowest BCUT2D eigenvalue weighted by Crippen LogP contribution is -2.15. The van der Waals surface area contributed by atoms with E-state index in [-0.39, 0.29) is 6.10 Å². The van der Waals surface area contributed by atoms with Crippen LogP contribution in [0.25, 0.3) is 0 Å². The summed E-state index contributed by atoms with van der Waals surface area (Å²) in [6.45, 7) is 7.34. The second kappa shape index (κ2) is 4.42. The zero-order valence-electron chi connectivity index (χ0n) is 9.54. The minimum atomic E-state index is -0.875. The summed E-state index contributed by atoms with van der Waals surface area (Å²) in [6, 6.07) is 5.35. The van der Waals surface area contributed by atoms with Crippen molar-refractivity contribution >= 4 is 11.6 Å². The van der Waals surface area contributed by atoms with Crippen LogP contribution in [-0.2, 0) is 5.60 Å². The number of halogens is 1. The SMILES string of the molecule is CC(C)Oc1ccc(C(C)(C)O)cc1Cl. The molecular weight excluding hydrogens is 212 g/mol. The van der Waals surface area contributed by atoms with Crippen LogP contribution in [0, 0.1) is 0 Å². The van der Waals surface area contributed by atoms with Gasteiger partial charge in [-0.05, 0) is 45.4 Å². The molecule has 0 spiro atoms. The van der Waals surface area contributed by atoms with Crippen molar-refractivity contribution in [3.05, 3.63) is 28.8 Å². The quantitative estimate of drug-likeness (QED) is 0.860. The molecule has 0 bridgehead atoms. The van der Waals surface area contributed by atoms with E-state index in [2.05, 4.69) is 0 Å². The Morgan fingerprint density at radius 3 is 2.33 bits per heavy atom. The number of hydrogen-bond donors (Lipinski definition) is 1. The monoisotopic (exact) mass is 228 g/mol. The van der Waals surface area contributed by atoms with Crippen molar-refractivity contribution in [1.82, 2.24) is 0 Å². The van der Waals surface area contributed by atoms with Crippen LogP contribution in [0.15, 0.2) is 18.2 Å². The predicted molar refractivity (Wildman–Crippen MR) is 62.5 cm³/mol. The Morgan fingerprint density at radius 2 is 1.93 bits per heavy atom. The molecule has 0 amide bonds. The lowest BCUT2D eigenvalue weighted by Gasteiger charge is -2.19. The molecule has 0 fully saturated rings. The second-order valence-corrected chi connectivity index (χ2v) is 4.78. The van der Waals surface area contributed by atoms with Gasteiger partial charge in [0.2, 0.25) is 0 Å². The average molecular weight is 229 g/mol. The van der Waals surface area contributed by atoms with Gasteiger partial charge < -0.3 is 9.84 Å². The van der Waals surface area contributed by atoms with E-state index in [1.165, 1.54) is 0 Å². The number of aliphatic hydroxyl groups is 1. The van der Waals surface area contributed by atoms with Gasteiger partial charge in [-0.2, -0.15) is 0 Å². The van der Waals surface area contributed by atoms with Crippen LogP contribution >= 0.6 is 11.6 Å². The highest BCUT2D eigenvalue weighted by molar-refractivity contribution is 6.32. The van der Waals surface area contributed by atoms with Crippen molar-refractivity contribution in [3.8, 4) is 5.75 Å². The average Bonchev–Trinajstić information content (AvgIpc) is 2.05. The first-order valence-electron chi connectivity index (χ1n) is 5.00. The predicted octanol–water partition coefficient (Wildman–Crippen LogP) is 3.35. The number of ether oxygens (including phenoxy) is 1. The van der Waals surface area contributed by atoms with Gasteiger partial charge in [0.15, 0.2) is 0 Å². The van der Waals surface area contributed by atoms with Crippen molar-refractivity contribution in [1.29, 1.82) is 0 Å². The largest absolute Gasteiger partial charge is 0.489 e. The fraction of sp³-hybridized carbons (Fsp3) is 0.500. The van der Waals surface area contributed by atoms with E-state index in [1.807, 2.05) is 19.9 Å². The lowest BCUT2D eigenvalue weighted by atomic mass is 9.98. The molecule has 0 aliphatic carbocycles. The molecule has 1 aromatic rings. The van der Waals surface area contributed by atoms with E-state index in [9.17, 15) is 5.11 Å². The third-order valence-electron chi connectivity index (χ3n) is 2.00. The third kappa shape index (κ3) is 3.40. The molecule has 1 N–H and O–H groups in total. The first-order valence-corrected chi connectivity index (χ1v) is 5.37. The van der Waals surface area contributed by atoms with E-state index in [4.69, 9.17) is 16.3 Å². The van der Waals surface area contributed by atoms with Crippen LogP contribution in [0.5, 0.6) is 5.75 Å². The summed E-state index contributed by atoms with van der Waals surface area (Å²) in [7, 11) is 0. The third-order valence-corrected chi connectivity index (χ3v) is 2.30. The summed E-state index contributed by atoms with van der Waals surface area (Å²) in [5.74, 6) is 0.652. The van der Waals surface area contributed by atoms with Gasteiger partial charge in [-0.1, -0.05) is 17.7 Å². The number of hydrogen-bond acceptors (Lipinski definition) is 2. The van der Waals surface area contributed by atoms with Gasteiger partial charge in [0, 0.05) is 0 Å². The number of benzene rings is 1. The van der Waals surface area contributed by atoms with Gasteiger partial charge in [-0.25, -0.2) is 0 Å². The molecule has 15 heavy (non-hydrogen) atoms. The molecule has 84 valence electrons. The highest BCUT2D eigenvalue weighted by Gasteiger charge is 2.17. The molecule has 1 rings (SSSR count). The molecule has 3 heteroatoms. The zero-order valence-corrected chi connectivity index (χ0v) is 10.3.